The Bertz CT molecular complexity index is 1140. The highest BCUT2D eigenvalue weighted by atomic mass is 16.5. The van der Waals surface area contributed by atoms with Crippen LogP contribution < -0.4 is 14.8 Å². The van der Waals surface area contributed by atoms with E-state index in [0.717, 1.165) is 16.6 Å². The first-order valence-corrected chi connectivity index (χ1v) is 9.06. The van der Waals surface area contributed by atoms with Crippen LogP contribution in [0, 0.1) is 0 Å². The van der Waals surface area contributed by atoms with Gasteiger partial charge in [-0.1, -0.05) is 24.3 Å². The first kappa shape index (κ1) is 18.5. The number of para-hydroxylation sites is 1. The Kier molecular flexibility index (Phi) is 5.11. The van der Waals surface area contributed by atoms with Crippen LogP contribution in [0.4, 0.5) is 5.69 Å². The number of nitrogens with one attached hydrogen (secondary N) is 2. The number of aromatic amines is 1. The third kappa shape index (κ3) is 3.75. The van der Waals surface area contributed by atoms with Gasteiger partial charge in [-0.05, 0) is 18.2 Å². The Labute approximate surface area is 167 Å². The molecule has 0 fully saturated rings. The van der Waals surface area contributed by atoms with Crippen molar-refractivity contribution in [3.63, 3.8) is 0 Å². The second-order valence-electron chi connectivity index (χ2n) is 6.41. The number of carbonyl (C=O) groups is 1. The normalized spacial score (nSPS) is 11.8. The molecule has 0 saturated heterocycles. The minimum Gasteiger partial charge on any atom is -0.497 e. The number of hydrogen-bond acceptors (Lipinski definition) is 6. The van der Waals surface area contributed by atoms with Gasteiger partial charge in [0.05, 0.1) is 32.3 Å². The van der Waals surface area contributed by atoms with Crippen molar-refractivity contribution < 1.29 is 14.3 Å². The maximum atomic E-state index is 13.5. The van der Waals surface area contributed by atoms with Crippen LogP contribution in [0.5, 0.6) is 11.6 Å². The number of rotatable bonds is 7. The molecular formula is C22H20N4O3. The van der Waals surface area contributed by atoms with E-state index < -0.39 is 6.04 Å². The molecule has 0 bridgehead atoms. The summed E-state index contributed by atoms with van der Waals surface area (Å²) in [5, 5.41) is 4.13. The monoisotopic (exact) mass is 388 g/mol. The number of nitrogens with zero attached hydrogens (tertiary/aromatic N) is 2. The quantitative estimate of drug-likeness (QED) is 0.465. The zero-order valence-corrected chi connectivity index (χ0v) is 16.0. The molecule has 2 aromatic heterocycles. The van der Waals surface area contributed by atoms with Gasteiger partial charge in [-0.3, -0.25) is 9.78 Å². The molecule has 0 aliphatic carbocycles. The van der Waals surface area contributed by atoms with E-state index in [1.165, 1.54) is 13.3 Å². The summed E-state index contributed by atoms with van der Waals surface area (Å²) in [7, 11) is 3.12. The summed E-state index contributed by atoms with van der Waals surface area (Å²) < 4.78 is 10.4. The van der Waals surface area contributed by atoms with Crippen molar-refractivity contribution in [1.82, 2.24) is 15.0 Å². The number of hydrogen-bond donors (Lipinski definition) is 2. The van der Waals surface area contributed by atoms with Gasteiger partial charge in [-0.25, -0.2) is 4.98 Å². The maximum Gasteiger partial charge on any atom is 0.231 e. The predicted octanol–water partition coefficient (Wildman–Crippen LogP) is 4.01. The molecule has 2 aromatic carbocycles. The van der Waals surface area contributed by atoms with Crippen LogP contribution in [-0.2, 0) is 0 Å². The van der Waals surface area contributed by atoms with Gasteiger partial charge in [0, 0.05) is 34.4 Å². The van der Waals surface area contributed by atoms with Crippen LogP contribution in [0.15, 0.2) is 67.1 Å². The highest BCUT2D eigenvalue weighted by molar-refractivity contribution is 6.11. The molecule has 1 atom stereocenters. The molecule has 29 heavy (non-hydrogen) atoms. The van der Waals surface area contributed by atoms with Crippen LogP contribution in [-0.4, -0.2) is 35.0 Å². The van der Waals surface area contributed by atoms with Crippen molar-refractivity contribution >= 4 is 22.4 Å². The largest absolute Gasteiger partial charge is 0.497 e. The molecule has 146 valence electrons. The summed E-state index contributed by atoms with van der Waals surface area (Å²) in [4.78, 5) is 25.3. The highest BCUT2D eigenvalue weighted by Crippen LogP contribution is 2.28. The van der Waals surface area contributed by atoms with E-state index in [9.17, 15) is 4.79 Å². The molecule has 0 aliphatic rings. The first-order chi connectivity index (χ1) is 14.2. The van der Waals surface area contributed by atoms with Crippen molar-refractivity contribution in [2.75, 3.05) is 19.5 Å². The van der Waals surface area contributed by atoms with E-state index in [4.69, 9.17) is 9.47 Å². The second-order valence-corrected chi connectivity index (χ2v) is 6.41. The van der Waals surface area contributed by atoms with Crippen molar-refractivity contribution in [2.45, 2.75) is 6.04 Å². The van der Waals surface area contributed by atoms with Crippen molar-refractivity contribution in [3.8, 4) is 11.6 Å². The van der Waals surface area contributed by atoms with E-state index in [1.54, 1.807) is 19.5 Å². The van der Waals surface area contributed by atoms with Crippen LogP contribution >= 0.6 is 0 Å². The van der Waals surface area contributed by atoms with Gasteiger partial charge in [-0.2, -0.15) is 0 Å². The number of aromatic nitrogens is 3. The number of fused-ring (bicyclic) bond motifs is 1. The molecule has 0 radical (unpaired) electrons. The molecular weight excluding hydrogens is 368 g/mol. The van der Waals surface area contributed by atoms with Gasteiger partial charge in [0.15, 0.2) is 5.78 Å². The molecule has 4 rings (SSSR count). The molecule has 1 unspecified atom stereocenters. The number of anilines is 1. The molecule has 0 spiro atoms. The fraction of sp³-hybridized carbons (Fsp3) is 0.136. The zero-order chi connectivity index (χ0) is 20.2. The minimum atomic E-state index is -0.736. The van der Waals surface area contributed by atoms with Gasteiger partial charge in [0.2, 0.25) is 5.88 Å². The third-order valence-electron chi connectivity index (χ3n) is 4.65. The van der Waals surface area contributed by atoms with E-state index in [0.29, 0.717) is 22.9 Å². The maximum absolute atomic E-state index is 13.5. The van der Waals surface area contributed by atoms with Crippen molar-refractivity contribution in [2.24, 2.45) is 0 Å². The standard InChI is InChI=1S/C22H20N4O3/c1-28-15-7-5-6-14(10-15)26-21(19-12-25-20(29-2)13-24-19)22(27)17-11-23-18-9-4-3-8-16(17)18/h3-13,21,23,26H,1-2H3. The van der Waals surface area contributed by atoms with Gasteiger partial charge >= 0.3 is 0 Å². The molecule has 4 aromatic rings. The number of Topliss-reactive ketones (excluding diaryl/α,β-unsaturated/α-hetero) is 1. The van der Waals surface area contributed by atoms with E-state index in [2.05, 4.69) is 20.3 Å². The van der Waals surface area contributed by atoms with Crippen LogP contribution in [0.3, 0.4) is 0 Å². The third-order valence-corrected chi connectivity index (χ3v) is 4.65. The van der Waals surface area contributed by atoms with Crippen LogP contribution in [0.1, 0.15) is 22.1 Å². The van der Waals surface area contributed by atoms with Gasteiger partial charge in [-0.15, -0.1) is 0 Å². The summed E-state index contributed by atoms with van der Waals surface area (Å²) in [6.45, 7) is 0. The number of ether oxygens (including phenoxy) is 2. The Balaban J connectivity index is 1.75. The Morgan fingerprint density at radius 1 is 1.03 bits per heavy atom. The van der Waals surface area contributed by atoms with Gasteiger partial charge < -0.3 is 19.8 Å². The summed E-state index contributed by atoms with van der Waals surface area (Å²) in [5.74, 6) is 0.951. The lowest BCUT2D eigenvalue weighted by Gasteiger charge is -2.18. The van der Waals surface area contributed by atoms with Crippen LogP contribution in [0.2, 0.25) is 0 Å². The lowest BCUT2D eigenvalue weighted by Crippen LogP contribution is -2.22. The molecule has 2 heterocycles. The molecule has 0 aliphatic heterocycles. The Morgan fingerprint density at radius 2 is 1.90 bits per heavy atom. The summed E-state index contributed by atoms with van der Waals surface area (Å²) >= 11 is 0. The molecule has 2 N–H and O–H groups in total. The highest BCUT2D eigenvalue weighted by Gasteiger charge is 2.26. The van der Waals surface area contributed by atoms with E-state index in [1.807, 2.05) is 48.5 Å². The fourth-order valence-corrected chi connectivity index (χ4v) is 3.16. The number of carbonyl (C=O) groups excluding carboxylic acids is 1. The first-order valence-electron chi connectivity index (χ1n) is 9.06. The predicted molar refractivity (Wildman–Crippen MR) is 111 cm³/mol. The second kappa shape index (κ2) is 8.02. The average Bonchev–Trinajstić information content (AvgIpc) is 3.21. The zero-order valence-electron chi connectivity index (χ0n) is 16.0. The average molecular weight is 388 g/mol. The minimum absolute atomic E-state index is 0.121. The Hall–Kier alpha value is -3.87. The molecule has 0 saturated carbocycles. The smallest absolute Gasteiger partial charge is 0.231 e. The topological polar surface area (TPSA) is 89.1 Å². The fourth-order valence-electron chi connectivity index (χ4n) is 3.16. The number of H-pyrrole nitrogens is 1. The summed E-state index contributed by atoms with van der Waals surface area (Å²) in [6.07, 6.45) is 4.77. The number of ketones is 1. The molecule has 0 amide bonds. The molecule has 7 heteroatoms. The summed E-state index contributed by atoms with van der Waals surface area (Å²) in [5.41, 5.74) is 2.71. The van der Waals surface area contributed by atoms with Gasteiger partial charge in [0.25, 0.3) is 0 Å². The number of methoxy groups -OCH3 is 2. The van der Waals surface area contributed by atoms with E-state index >= 15 is 0 Å². The Morgan fingerprint density at radius 3 is 2.66 bits per heavy atom. The summed E-state index contributed by atoms with van der Waals surface area (Å²) in [6, 6.07) is 14.3. The van der Waals surface area contributed by atoms with Crippen LogP contribution in [0.25, 0.3) is 10.9 Å². The molecule has 7 nitrogen and oxygen atoms in total. The number of benzene rings is 2. The SMILES string of the molecule is COc1cccc(NC(C(=O)c2c[nH]c3ccccc23)c2cnc(OC)cn2)c1. The van der Waals surface area contributed by atoms with Gasteiger partial charge in [0.1, 0.15) is 11.8 Å². The lowest BCUT2D eigenvalue weighted by molar-refractivity contribution is 0.0969. The lowest BCUT2D eigenvalue weighted by atomic mass is 10.0. The van der Waals surface area contributed by atoms with Crippen molar-refractivity contribution in [3.05, 3.63) is 78.4 Å². The van der Waals surface area contributed by atoms with E-state index in [-0.39, 0.29) is 5.78 Å². The van der Waals surface area contributed by atoms with Crippen molar-refractivity contribution in [1.29, 1.82) is 0 Å².